The number of hydrogen-bond acceptors (Lipinski definition) is 4. The topological polar surface area (TPSA) is 44.7 Å². The lowest BCUT2D eigenvalue weighted by atomic mass is 10.1. The summed E-state index contributed by atoms with van der Waals surface area (Å²) in [7, 11) is 1.73. The number of hydrogen-bond donors (Lipinski definition) is 2. The molecule has 4 heteroatoms. The average Bonchev–Trinajstić information content (AvgIpc) is 2.52. The Morgan fingerprint density at radius 1 is 1.33 bits per heavy atom. The first kappa shape index (κ1) is 16.1. The molecule has 1 aromatic rings. The maximum absolute atomic E-state index is 9.62. The summed E-state index contributed by atoms with van der Waals surface area (Å²) in [5.41, 5.74) is 2.39. The Labute approximate surface area is 128 Å². The van der Waals surface area contributed by atoms with Crippen LogP contribution in [0.4, 0.5) is 5.69 Å². The third-order valence-corrected chi connectivity index (χ3v) is 4.09. The quantitative estimate of drug-likeness (QED) is 0.758. The average molecular weight is 292 g/mol. The highest BCUT2D eigenvalue weighted by atomic mass is 16.5. The van der Waals surface area contributed by atoms with Crippen LogP contribution in [-0.2, 0) is 6.54 Å². The van der Waals surface area contributed by atoms with Crippen LogP contribution in [-0.4, -0.2) is 38.0 Å². The Kier molecular flexibility index (Phi) is 6.33. The molecule has 0 atom stereocenters. The molecule has 4 nitrogen and oxygen atoms in total. The van der Waals surface area contributed by atoms with Gasteiger partial charge in [-0.3, -0.25) is 0 Å². The predicted molar refractivity (Wildman–Crippen MR) is 87.1 cm³/mol. The second kappa shape index (κ2) is 8.25. The van der Waals surface area contributed by atoms with E-state index in [1.54, 1.807) is 7.11 Å². The number of ether oxygens (including phenoxy) is 1. The summed E-state index contributed by atoms with van der Waals surface area (Å²) in [5, 5.41) is 13.1. The number of methoxy groups -OCH3 is 1. The molecule has 118 valence electrons. The van der Waals surface area contributed by atoms with E-state index in [1.165, 1.54) is 18.4 Å². The molecular formula is C17H28N2O2. The fourth-order valence-corrected chi connectivity index (χ4v) is 2.73. The van der Waals surface area contributed by atoms with E-state index < -0.39 is 0 Å². The Balaban J connectivity index is 1.99. The zero-order valence-electron chi connectivity index (χ0n) is 13.3. The predicted octanol–water partition coefficient (Wildman–Crippen LogP) is 2.55. The largest absolute Gasteiger partial charge is 0.495 e. The summed E-state index contributed by atoms with van der Waals surface area (Å²) in [6.45, 7) is 5.94. The van der Waals surface area contributed by atoms with Crippen LogP contribution in [0, 0.1) is 0 Å². The standard InChI is InChI=1S/C17H28N2O2/c1-3-4-9-18-13-14-5-6-16(17(12-14)21-2)19-10-7-15(20)8-11-19/h5-6,12,15,18,20H,3-4,7-11,13H2,1-2H3. The van der Waals surface area contributed by atoms with E-state index >= 15 is 0 Å². The molecule has 2 rings (SSSR count). The molecule has 1 heterocycles. The van der Waals surface area contributed by atoms with Crippen molar-refractivity contribution in [2.24, 2.45) is 0 Å². The Hall–Kier alpha value is -1.26. The normalized spacial score (nSPS) is 16.2. The fraction of sp³-hybridized carbons (Fsp3) is 0.647. The third kappa shape index (κ3) is 4.61. The Morgan fingerprint density at radius 2 is 2.10 bits per heavy atom. The summed E-state index contributed by atoms with van der Waals surface area (Å²) in [6, 6.07) is 6.44. The van der Waals surface area contributed by atoms with Gasteiger partial charge in [0.2, 0.25) is 0 Å². The number of unbranched alkanes of at least 4 members (excludes halogenated alkanes) is 1. The van der Waals surface area contributed by atoms with E-state index in [0.29, 0.717) is 0 Å². The molecule has 1 aliphatic heterocycles. The maximum Gasteiger partial charge on any atom is 0.142 e. The van der Waals surface area contributed by atoms with Crippen LogP contribution in [0.2, 0.25) is 0 Å². The van der Waals surface area contributed by atoms with Gasteiger partial charge < -0.3 is 20.1 Å². The van der Waals surface area contributed by atoms with Crippen molar-refractivity contribution in [3.8, 4) is 5.75 Å². The second-order valence-electron chi connectivity index (χ2n) is 5.75. The summed E-state index contributed by atoms with van der Waals surface area (Å²) >= 11 is 0. The Bertz CT molecular complexity index is 429. The molecule has 1 aliphatic rings. The van der Waals surface area contributed by atoms with Crippen molar-refractivity contribution in [1.29, 1.82) is 0 Å². The van der Waals surface area contributed by atoms with Crippen molar-refractivity contribution in [2.45, 2.75) is 45.3 Å². The number of piperidine rings is 1. The zero-order chi connectivity index (χ0) is 15.1. The summed E-state index contributed by atoms with van der Waals surface area (Å²) < 4.78 is 5.56. The smallest absolute Gasteiger partial charge is 0.142 e. The molecule has 0 radical (unpaired) electrons. The SMILES string of the molecule is CCCCNCc1ccc(N2CCC(O)CC2)c(OC)c1. The van der Waals surface area contributed by atoms with Crippen molar-refractivity contribution in [1.82, 2.24) is 5.32 Å². The molecule has 1 aromatic carbocycles. The molecule has 0 aromatic heterocycles. The van der Waals surface area contributed by atoms with Gasteiger partial charge in [-0.15, -0.1) is 0 Å². The van der Waals surface area contributed by atoms with Crippen LogP contribution in [0.15, 0.2) is 18.2 Å². The van der Waals surface area contributed by atoms with Crippen LogP contribution >= 0.6 is 0 Å². The number of rotatable bonds is 7. The Morgan fingerprint density at radius 3 is 2.76 bits per heavy atom. The fourth-order valence-electron chi connectivity index (χ4n) is 2.73. The van der Waals surface area contributed by atoms with Crippen molar-refractivity contribution in [2.75, 3.05) is 31.6 Å². The number of aliphatic hydroxyl groups excluding tert-OH is 1. The van der Waals surface area contributed by atoms with Crippen LogP contribution in [0.3, 0.4) is 0 Å². The molecular weight excluding hydrogens is 264 g/mol. The molecule has 0 spiro atoms. The summed E-state index contributed by atoms with van der Waals surface area (Å²) in [4.78, 5) is 2.31. The van der Waals surface area contributed by atoms with Crippen molar-refractivity contribution >= 4 is 5.69 Å². The van der Waals surface area contributed by atoms with Crippen molar-refractivity contribution in [3.63, 3.8) is 0 Å². The second-order valence-corrected chi connectivity index (χ2v) is 5.75. The van der Waals surface area contributed by atoms with Gasteiger partial charge in [-0.2, -0.15) is 0 Å². The van der Waals surface area contributed by atoms with Gasteiger partial charge in [0.1, 0.15) is 5.75 Å². The molecule has 21 heavy (non-hydrogen) atoms. The summed E-state index contributed by atoms with van der Waals surface area (Å²) in [6.07, 6.45) is 3.96. The lowest BCUT2D eigenvalue weighted by Crippen LogP contribution is -2.36. The number of nitrogens with one attached hydrogen (secondary N) is 1. The number of nitrogens with zero attached hydrogens (tertiary/aromatic N) is 1. The zero-order valence-corrected chi connectivity index (χ0v) is 13.3. The van der Waals surface area contributed by atoms with Crippen molar-refractivity contribution < 1.29 is 9.84 Å². The first-order chi connectivity index (χ1) is 10.2. The van der Waals surface area contributed by atoms with Crippen LogP contribution in [0.25, 0.3) is 0 Å². The highest BCUT2D eigenvalue weighted by molar-refractivity contribution is 5.60. The minimum Gasteiger partial charge on any atom is -0.495 e. The van der Waals surface area contributed by atoms with Gasteiger partial charge in [0.25, 0.3) is 0 Å². The van der Waals surface area contributed by atoms with E-state index in [9.17, 15) is 5.11 Å². The van der Waals surface area contributed by atoms with E-state index in [4.69, 9.17) is 4.74 Å². The third-order valence-electron chi connectivity index (χ3n) is 4.09. The van der Waals surface area contributed by atoms with Crippen LogP contribution in [0.1, 0.15) is 38.2 Å². The lowest BCUT2D eigenvalue weighted by molar-refractivity contribution is 0.145. The van der Waals surface area contributed by atoms with Gasteiger partial charge in [-0.05, 0) is 43.5 Å². The summed E-state index contributed by atoms with van der Waals surface area (Å²) in [5.74, 6) is 0.932. The van der Waals surface area contributed by atoms with E-state index in [0.717, 1.165) is 50.5 Å². The molecule has 2 N–H and O–H groups in total. The molecule has 0 bridgehead atoms. The van der Waals surface area contributed by atoms with Crippen LogP contribution in [0.5, 0.6) is 5.75 Å². The van der Waals surface area contributed by atoms with Gasteiger partial charge in [-0.1, -0.05) is 19.4 Å². The molecule has 0 unspecified atom stereocenters. The molecule has 0 aliphatic carbocycles. The monoisotopic (exact) mass is 292 g/mol. The van der Waals surface area contributed by atoms with Gasteiger partial charge in [0.05, 0.1) is 18.9 Å². The van der Waals surface area contributed by atoms with Crippen molar-refractivity contribution in [3.05, 3.63) is 23.8 Å². The molecule has 0 amide bonds. The van der Waals surface area contributed by atoms with E-state index in [2.05, 4.69) is 35.3 Å². The maximum atomic E-state index is 9.62. The van der Waals surface area contributed by atoms with Gasteiger partial charge >= 0.3 is 0 Å². The van der Waals surface area contributed by atoms with E-state index in [1.807, 2.05) is 0 Å². The first-order valence-electron chi connectivity index (χ1n) is 8.05. The van der Waals surface area contributed by atoms with Gasteiger partial charge in [0.15, 0.2) is 0 Å². The first-order valence-corrected chi connectivity index (χ1v) is 8.05. The molecule has 0 saturated carbocycles. The minimum absolute atomic E-state index is 0.144. The lowest BCUT2D eigenvalue weighted by Gasteiger charge is -2.32. The highest BCUT2D eigenvalue weighted by Gasteiger charge is 2.19. The number of aliphatic hydroxyl groups is 1. The van der Waals surface area contributed by atoms with Crippen LogP contribution < -0.4 is 15.0 Å². The highest BCUT2D eigenvalue weighted by Crippen LogP contribution is 2.31. The molecule has 1 saturated heterocycles. The minimum atomic E-state index is -0.144. The number of benzene rings is 1. The van der Waals surface area contributed by atoms with Gasteiger partial charge in [0, 0.05) is 19.6 Å². The molecule has 1 fully saturated rings. The van der Waals surface area contributed by atoms with Gasteiger partial charge in [-0.25, -0.2) is 0 Å². The number of anilines is 1. The van der Waals surface area contributed by atoms with E-state index in [-0.39, 0.29) is 6.10 Å².